The summed E-state index contributed by atoms with van der Waals surface area (Å²) in [6, 6.07) is 0. The summed E-state index contributed by atoms with van der Waals surface area (Å²) in [7, 11) is 1.59. The Morgan fingerprint density at radius 1 is 1.50 bits per heavy atom. The standard InChI is InChI=1S/C12H23NO3/c1-9-4-6-12(13,7-5-9)11(14)16-10(2)8-15-3/h9-10H,4-8,13H2,1-3H3. The van der Waals surface area contributed by atoms with Crippen molar-refractivity contribution in [2.75, 3.05) is 13.7 Å². The number of esters is 1. The Balaban J connectivity index is 2.46. The summed E-state index contributed by atoms with van der Waals surface area (Å²) in [4.78, 5) is 11.9. The molecular formula is C12H23NO3. The Bertz CT molecular complexity index is 234. The molecule has 0 saturated heterocycles. The Morgan fingerprint density at radius 3 is 2.56 bits per heavy atom. The minimum absolute atomic E-state index is 0.225. The van der Waals surface area contributed by atoms with Gasteiger partial charge < -0.3 is 15.2 Å². The van der Waals surface area contributed by atoms with Crippen LogP contribution in [0.4, 0.5) is 0 Å². The Hall–Kier alpha value is -0.610. The Labute approximate surface area is 97.5 Å². The number of hydrogen-bond acceptors (Lipinski definition) is 4. The molecule has 1 rings (SSSR count). The molecule has 1 aliphatic carbocycles. The third-order valence-corrected chi connectivity index (χ3v) is 3.28. The lowest BCUT2D eigenvalue weighted by molar-refractivity contribution is -0.158. The zero-order valence-electron chi connectivity index (χ0n) is 10.5. The van der Waals surface area contributed by atoms with Gasteiger partial charge in [0.2, 0.25) is 0 Å². The molecule has 4 nitrogen and oxygen atoms in total. The van der Waals surface area contributed by atoms with Crippen molar-refractivity contribution >= 4 is 5.97 Å². The first-order chi connectivity index (χ1) is 7.48. The minimum atomic E-state index is -0.769. The van der Waals surface area contributed by atoms with E-state index in [0.717, 1.165) is 25.7 Å². The lowest BCUT2D eigenvalue weighted by atomic mass is 9.78. The van der Waals surface area contributed by atoms with Crippen LogP contribution in [0, 0.1) is 5.92 Å². The fraction of sp³-hybridized carbons (Fsp3) is 0.917. The smallest absolute Gasteiger partial charge is 0.326 e. The van der Waals surface area contributed by atoms with Crippen molar-refractivity contribution in [1.29, 1.82) is 0 Å². The van der Waals surface area contributed by atoms with Crippen LogP contribution in [0.2, 0.25) is 0 Å². The summed E-state index contributed by atoms with van der Waals surface area (Å²) in [5.74, 6) is 0.393. The first kappa shape index (κ1) is 13.5. The van der Waals surface area contributed by atoms with Crippen molar-refractivity contribution in [3.63, 3.8) is 0 Å². The van der Waals surface area contributed by atoms with Gasteiger partial charge in [-0.25, -0.2) is 0 Å². The van der Waals surface area contributed by atoms with Crippen LogP contribution in [0.3, 0.4) is 0 Å². The number of ether oxygens (including phenoxy) is 2. The second-order valence-corrected chi connectivity index (χ2v) is 5.01. The third kappa shape index (κ3) is 3.46. The maximum Gasteiger partial charge on any atom is 0.326 e. The van der Waals surface area contributed by atoms with Gasteiger partial charge in [0.15, 0.2) is 0 Å². The third-order valence-electron chi connectivity index (χ3n) is 3.28. The van der Waals surface area contributed by atoms with E-state index in [4.69, 9.17) is 15.2 Å². The summed E-state index contributed by atoms with van der Waals surface area (Å²) in [5, 5.41) is 0. The molecular weight excluding hydrogens is 206 g/mol. The van der Waals surface area contributed by atoms with Gasteiger partial charge in [0.05, 0.1) is 6.61 Å². The molecule has 0 aliphatic heterocycles. The van der Waals surface area contributed by atoms with Gasteiger partial charge in [-0.15, -0.1) is 0 Å². The van der Waals surface area contributed by atoms with E-state index in [2.05, 4.69) is 6.92 Å². The predicted molar refractivity (Wildman–Crippen MR) is 62.0 cm³/mol. The molecule has 0 aromatic rings. The second kappa shape index (κ2) is 5.64. The molecule has 16 heavy (non-hydrogen) atoms. The molecule has 1 atom stereocenters. The van der Waals surface area contributed by atoms with Gasteiger partial charge in [0, 0.05) is 7.11 Å². The van der Waals surface area contributed by atoms with Gasteiger partial charge >= 0.3 is 5.97 Å². The van der Waals surface area contributed by atoms with E-state index < -0.39 is 5.54 Å². The molecule has 0 aromatic carbocycles. The molecule has 0 radical (unpaired) electrons. The van der Waals surface area contributed by atoms with E-state index in [1.165, 1.54) is 0 Å². The van der Waals surface area contributed by atoms with Gasteiger partial charge in [0.1, 0.15) is 11.6 Å². The summed E-state index contributed by atoms with van der Waals surface area (Å²) in [5.41, 5.74) is 5.32. The van der Waals surface area contributed by atoms with E-state index in [1.54, 1.807) is 7.11 Å². The van der Waals surface area contributed by atoms with Gasteiger partial charge in [-0.3, -0.25) is 4.79 Å². The molecule has 1 unspecified atom stereocenters. The van der Waals surface area contributed by atoms with Crippen LogP contribution in [-0.4, -0.2) is 31.3 Å². The fourth-order valence-corrected chi connectivity index (χ4v) is 2.05. The predicted octanol–water partition coefficient (Wildman–Crippen LogP) is 1.47. The van der Waals surface area contributed by atoms with Crippen LogP contribution in [0.15, 0.2) is 0 Å². The second-order valence-electron chi connectivity index (χ2n) is 5.01. The first-order valence-corrected chi connectivity index (χ1v) is 5.97. The Morgan fingerprint density at radius 2 is 2.06 bits per heavy atom. The van der Waals surface area contributed by atoms with E-state index in [-0.39, 0.29) is 12.1 Å². The van der Waals surface area contributed by atoms with Gasteiger partial charge in [-0.2, -0.15) is 0 Å². The first-order valence-electron chi connectivity index (χ1n) is 5.97. The molecule has 2 N–H and O–H groups in total. The lowest BCUT2D eigenvalue weighted by Gasteiger charge is -2.34. The monoisotopic (exact) mass is 229 g/mol. The SMILES string of the molecule is COCC(C)OC(=O)C1(N)CCC(C)CC1. The highest BCUT2D eigenvalue weighted by Gasteiger charge is 2.39. The molecule has 0 heterocycles. The van der Waals surface area contributed by atoms with Crippen molar-refractivity contribution in [1.82, 2.24) is 0 Å². The number of methoxy groups -OCH3 is 1. The number of carbonyl (C=O) groups excluding carboxylic acids is 1. The molecule has 1 fully saturated rings. The molecule has 4 heteroatoms. The zero-order valence-corrected chi connectivity index (χ0v) is 10.5. The fourth-order valence-electron chi connectivity index (χ4n) is 2.05. The van der Waals surface area contributed by atoms with Crippen LogP contribution in [-0.2, 0) is 14.3 Å². The van der Waals surface area contributed by atoms with Crippen molar-refractivity contribution < 1.29 is 14.3 Å². The van der Waals surface area contributed by atoms with Gasteiger partial charge in [-0.05, 0) is 38.5 Å². The number of rotatable bonds is 4. The highest BCUT2D eigenvalue weighted by atomic mass is 16.6. The maximum atomic E-state index is 11.9. The number of nitrogens with two attached hydrogens (primary N) is 1. The van der Waals surface area contributed by atoms with Crippen molar-refractivity contribution in [2.24, 2.45) is 11.7 Å². The average Bonchev–Trinajstić information content (AvgIpc) is 2.23. The molecule has 0 spiro atoms. The molecule has 0 amide bonds. The van der Waals surface area contributed by atoms with Crippen molar-refractivity contribution in [3.8, 4) is 0 Å². The Kier molecular flexibility index (Phi) is 4.74. The molecule has 1 saturated carbocycles. The van der Waals surface area contributed by atoms with E-state index >= 15 is 0 Å². The van der Waals surface area contributed by atoms with Crippen LogP contribution in [0.1, 0.15) is 39.5 Å². The highest BCUT2D eigenvalue weighted by molar-refractivity contribution is 5.80. The molecule has 0 aromatic heterocycles. The quantitative estimate of drug-likeness (QED) is 0.742. The van der Waals surface area contributed by atoms with Crippen LogP contribution in [0.25, 0.3) is 0 Å². The van der Waals surface area contributed by atoms with E-state index in [9.17, 15) is 4.79 Å². The summed E-state index contributed by atoms with van der Waals surface area (Å²) in [6.07, 6.45) is 3.24. The van der Waals surface area contributed by atoms with E-state index in [1.807, 2.05) is 6.92 Å². The van der Waals surface area contributed by atoms with Crippen molar-refractivity contribution in [2.45, 2.75) is 51.2 Å². The van der Waals surface area contributed by atoms with Crippen LogP contribution in [0.5, 0.6) is 0 Å². The molecule has 0 bridgehead atoms. The van der Waals surface area contributed by atoms with Crippen LogP contribution >= 0.6 is 0 Å². The van der Waals surface area contributed by atoms with Crippen LogP contribution < -0.4 is 5.73 Å². The summed E-state index contributed by atoms with van der Waals surface area (Å²) in [6.45, 7) is 4.42. The number of carbonyl (C=O) groups is 1. The maximum absolute atomic E-state index is 11.9. The normalized spacial score (nSPS) is 32.1. The van der Waals surface area contributed by atoms with E-state index in [0.29, 0.717) is 12.5 Å². The summed E-state index contributed by atoms with van der Waals surface area (Å²) < 4.78 is 10.2. The minimum Gasteiger partial charge on any atom is -0.459 e. The number of hydrogen-bond donors (Lipinski definition) is 1. The average molecular weight is 229 g/mol. The van der Waals surface area contributed by atoms with Gasteiger partial charge in [0.25, 0.3) is 0 Å². The summed E-state index contributed by atoms with van der Waals surface area (Å²) >= 11 is 0. The topological polar surface area (TPSA) is 61.5 Å². The largest absolute Gasteiger partial charge is 0.459 e. The lowest BCUT2D eigenvalue weighted by Crippen LogP contribution is -2.52. The zero-order chi connectivity index (χ0) is 12.2. The molecule has 1 aliphatic rings. The van der Waals surface area contributed by atoms with Crippen molar-refractivity contribution in [3.05, 3.63) is 0 Å². The highest BCUT2D eigenvalue weighted by Crippen LogP contribution is 2.31. The molecule has 94 valence electrons. The van der Waals surface area contributed by atoms with Gasteiger partial charge in [-0.1, -0.05) is 6.92 Å².